The third kappa shape index (κ3) is 5.29. The van der Waals surface area contributed by atoms with Crippen molar-refractivity contribution in [2.24, 2.45) is 0 Å². The zero-order chi connectivity index (χ0) is 18.9. The van der Waals surface area contributed by atoms with Crippen molar-refractivity contribution in [1.82, 2.24) is 9.80 Å². The lowest BCUT2D eigenvalue weighted by Crippen LogP contribution is -2.51. The summed E-state index contributed by atoms with van der Waals surface area (Å²) in [7, 11) is 0. The van der Waals surface area contributed by atoms with Gasteiger partial charge >= 0.3 is 17.8 Å². The summed E-state index contributed by atoms with van der Waals surface area (Å²) in [6, 6.07) is 6.56. The minimum absolute atomic E-state index is 0.251. The largest absolute Gasteiger partial charge is 0.462 e. The third-order valence-electron chi connectivity index (χ3n) is 4.43. The number of rotatable bonds is 6. The van der Waals surface area contributed by atoms with Gasteiger partial charge < -0.3 is 19.9 Å². The molecule has 2 rings (SSSR count). The Morgan fingerprint density at radius 2 is 1.77 bits per heavy atom. The average Bonchev–Trinajstić information content (AvgIpc) is 2.68. The summed E-state index contributed by atoms with van der Waals surface area (Å²) in [5, 5.41) is 2.56. The highest BCUT2D eigenvalue weighted by Gasteiger charge is 2.26. The number of carbonyl (C=O) groups excluding carboxylic acids is 3. The number of para-hydroxylation sites is 1. The number of benzene rings is 1. The highest BCUT2D eigenvalue weighted by atomic mass is 16.5. The van der Waals surface area contributed by atoms with Crippen LogP contribution in [0.25, 0.3) is 0 Å². The van der Waals surface area contributed by atoms with Gasteiger partial charge in [-0.3, -0.25) is 9.59 Å². The summed E-state index contributed by atoms with van der Waals surface area (Å²) < 4.78 is 5.20. The van der Waals surface area contributed by atoms with Crippen molar-refractivity contribution in [3.63, 3.8) is 0 Å². The maximum Gasteiger partial charge on any atom is 0.340 e. The van der Waals surface area contributed by atoms with Crippen LogP contribution in [0, 0.1) is 0 Å². The summed E-state index contributed by atoms with van der Waals surface area (Å²) in [6.45, 7) is 7.92. The maximum absolute atomic E-state index is 12.4. The number of unbranched alkanes of at least 4 members (excludes halogenated alkanes) is 1. The fourth-order valence-corrected chi connectivity index (χ4v) is 2.74. The van der Waals surface area contributed by atoms with E-state index in [1.807, 2.05) is 6.92 Å². The van der Waals surface area contributed by atoms with E-state index in [0.29, 0.717) is 25.4 Å². The average molecular weight is 361 g/mol. The van der Waals surface area contributed by atoms with Crippen LogP contribution in [0.4, 0.5) is 5.69 Å². The normalized spacial score (nSPS) is 14.8. The Hall–Kier alpha value is -2.41. The predicted molar refractivity (Wildman–Crippen MR) is 99.0 cm³/mol. The van der Waals surface area contributed by atoms with Gasteiger partial charge in [0.05, 0.1) is 17.9 Å². The molecular weight excluding hydrogens is 334 g/mol. The van der Waals surface area contributed by atoms with Crippen molar-refractivity contribution in [2.45, 2.75) is 26.7 Å². The van der Waals surface area contributed by atoms with E-state index in [-0.39, 0.29) is 5.56 Å². The van der Waals surface area contributed by atoms with Gasteiger partial charge in [0.2, 0.25) is 0 Å². The van der Waals surface area contributed by atoms with Gasteiger partial charge in [0, 0.05) is 26.2 Å². The van der Waals surface area contributed by atoms with E-state index in [1.54, 1.807) is 29.2 Å². The number of amides is 2. The molecule has 0 radical (unpaired) electrons. The van der Waals surface area contributed by atoms with Gasteiger partial charge in [-0.05, 0) is 25.1 Å². The lowest BCUT2D eigenvalue weighted by atomic mass is 10.1. The molecule has 0 aliphatic carbocycles. The minimum Gasteiger partial charge on any atom is -0.462 e. The quantitative estimate of drug-likeness (QED) is 0.474. The first kappa shape index (κ1) is 19.9. The molecule has 7 heteroatoms. The molecule has 0 spiro atoms. The van der Waals surface area contributed by atoms with Crippen LogP contribution in [0.15, 0.2) is 24.3 Å². The number of hydrogen-bond donors (Lipinski definition) is 1. The molecular formula is C19H27N3O4. The highest BCUT2D eigenvalue weighted by Crippen LogP contribution is 2.17. The van der Waals surface area contributed by atoms with E-state index < -0.39 is 17.8 Å². The van der Waals surface area contributed by atoms with Gasteiger partial charge in [0.15, 0.2) is 0 Å². The number of hydrogen-bond acceptors (Lipinski definition) is 5. The molecule has 1 aromatic rings. The number of likely N-dealkylation sites (N-methyl/N-ethyl adjacent to an activating group) is 1. The third-order valence-corrected chi connectivity index (χ3v) is 4.43. The number of esters is 1. The van der Waals surface area contributed by atoms with E-state index in [0.717, 1.165) is 32.5 Å². The highest BCUT2D eigenvalue weighted by molar-refractivity contribution is 6.39. The van der Waals surface area contributed by atoms with E-state index in [4.69, 9.17) is 4.74 Å². The molecule has 2 amide bonds. The van der Waals surface area contributed by atoms with Gasteiger partial charge in [-0.25, -0.2) is 4.79 Å². The number of anilines is 1. The Balaban J connectivity index is 1.98. The Bertz CT molecular complexity index is 639. The van der Waals surface area contributed by atoms with Gasteiger partial charge in [-0.2, -0.15) is 0 Å². The molecule has 0 bridgehead atoms. The molecule has 0 aromatic heterocycles. The number of nitrogens with zero attached hydrogens (tertiary/aromatic N) is 2. The molecule has 1 N–H and O–H groups in total. The first-order valence-electron chi connectivity index (χ1n) is 9.15. The Kier molecular flexibility index (Phi) is 7.59. The zero-order valence-corrected chi connectivity index (χ0v) is 15.5. The zero-order valence-electron chi connectivity index (χ0n) is 15.5. The van der Waals surface area contributed by atoms with Crippen LogP contribution in [-0.2, 0) is 14.3 Å². The fourth-order valence-electron chi connectivity index (χ4n) is 2.74. The van der Waals surface area contributed by atoms with Gasteiger partial charge in [0.1, 0.15) is 0 Å². The smallest absolute Gasteiger partial charge is 0.340 e. The molecule has 1 aliphatic heterocycles. The van der Waals surface area contributed by atoms with E-state index in [2.05, 4.69) is 17.1 Å². The topological polar surface area (TPSA) is 78.9 Å². The van der Waals surface area contributed by atoms with E-state index >= 15 is 0 Å². The molecule has 26 heavy (non-hydrogen) atoms. The van der Waals surface area contributed by atoms with Crippen molar-refractivity contribution >= 4 is 23.5 Å². The number of carbonyl (C=O) groups is 3. The van der Waals surface area contributed by atoms with E-state index in [9.17, 15) is 14.4 Å². The number of piperazine rings is 1. The van der Waals surface area contributed by atoms with Crippen LogP contribution in [0.3, 0.4) is 0 Å². The van der Waals surface area contributed by atoms with E-state index in [1.165, 1.54) is 0 Å². The molecule has 142 valence electrons. The van der Waals surface area contributed by atoms with Gasteiger partial charge in [-0.1, -0.05) is 32.4 Å². The molecule has 7 nitrogen and oxygen atoms in total. The maximum atomic E-state index is 12.4. The van der Waals surface area contributed by atoms with Crippen molar-refractivity contribution < 1.29 is 19.1 Å². The first-order valence-corrected chi connectivity index (χ1v) is 9.15. The van der Waals surface area contributed by atoms with Crippen LogP contribution in [0.2, 0.25) is 0 Å². The first-order chi connectivity index (χ1) is 12.6. The Labute approximate surface area is 154 Å². The van der Waals surface area contributed by atoms with Crippen LogP contribution >= 0.6 is 0 Å². The van der Waals surface area contributed by atoms with Crippen molar-refractivity contribution in [3.8, 4) is 0 Å². The predicted octanol–water partition coefficient (Wildman–Crippen LogP) is 1.75. The summed E-state index contributed by atoms with van der Waals surface area (Å²) in [4.78, 5) is 40.7. The summed E-state index contributed by atoms with van der Waals surface area (Å²) in [6.07, 6.45) is 1.70. The minimum atomic E-state index is -0.733. The van der Waals surface area contributed by atoms with Crippen molar-refractivity contribution in [1.29, 1.82) is 0 Å². The van der Waals surface area contributed by atoms with Gasteiger partial charge in [0.25, 0.3) is 0 Å². The second-order valence-electron chi connectivity index (χ2n) is 6.22. The number of nitrogens with one attached hydrogen (secondary N) is 1. The molecule has 1 aliphatic rings. The van der Waals surface area contributed by atoms with Crippen LogP contribution in [-0.4, -0.2) is 66.9 Å². The molecule has 0 saturated carbocycles. The molecule has 0 unspecified atom stereocenters. The Morgan fingerprint density at radius 3 is 2.42 bits per heavy atom. The lowest BCUT2D eigenvalue weighted by molar-refractivity contribution is -0.144. The Morgan fingerprint density at radius 1 is 1.08 bits per heavy atom. The van der Waals surface area contributed by atoms with Crippen molar-refractivity contribution in [2.75, 3.05) is 44.6 Å². The van der Waals surface area contributed by atoms with Crippen LogP contribution < -0.4 is 5.32 Å². The lowest BCUT2D eigenvalue weighted by Gasteiger charge is -2.33. The molecule has 0 atom stereocenters. The molecule has 1 saturated heterocycles. The van der Waals surface area contributed by atoms with Crippen molar-refractivity contribution in [3.05, 3.63) is 29.8 Å². The SMILES string of the molecule is CCCCOC(=O)c1ccccc1NC(=O)C(=O)N1CCN(CC)CC1. The molecule has 1 fully saturated rings. The second-order valence-corrected chi connectivity index (χ2v) is 6.22. The second kappa shape index (κ2) is 9.91. The standard InChI is InChI=1S/C19H27N3O4/c1-3-5-14-26-19(25)15-8-6-7-9-16(15)20-17(23)18(24)22-12-10-21(4-2)11-13-22/h6-9H,3-5,10-14H2,1-2H3,(H,20,23). The summed E-state index contributed by atoms with van der Waals surface area (Å²) in [5.74, 6) is -1.81. The summed E-state index contributed by atoms with van der Waals surface area (Å²) in [5.41, 5.74) is 0.542. The molecule has 1 heterocycles. The summed E-state index contributed by atoms with van der Waals surface area (Å²) >= 11 is 0. The van der Waals surface area contributed by atoms with Crippen LogP contribution in [0.1, 0.15) is 37.0 Å². The van der Waals surface area contributed by atoms with Crippen LogP contribution in [0.5, 0.6) is 0 Å². The monoisotopic (exact) mass is 361 g/mol. The fraction of sp³-hybridized carbons (Fsp3) is 0.526. The molecule has 1 aromatic carbocycles. The number of ether oxygens (including phenoxy) is 1. The van der Waals surface area contributed by atoms with Gasteiger partial charge in [-0.15, -0.1) is 0 Å².